The first kappa shape index (κ1) is 20.4. The zero-order valence-electron chi connectivity index (χ0n) is 14.9. The SMILES string of the molecule is Cc1nnc(CNC(=O)c2cc(-c3ccc(F)cn3)cc(C(O)C(F)(F)F)c2)o1. The van der Waals surface area contributed by atoms with E-state index in [4.69, 9.17) is 4.42 Å². The molecule has 0 aliphatic carbocycles. The van der Waals surface area contributed by atoms with E-state index in [1.807, 2.05) is 0 Å². The normalized spacial score (nSPS) is 12.6. The molecule has 1 amide bonds. The summed E-state index contributed by atoms with van der Waals surface area (Å²) in [4.78, 5) is 16.2. The lowest BCUT2D eigenvalue weighted by Crippen LogP contribution is -2.24. The highest BCUT2D eigenvalue weighted by Gasteiger charge is 2.39. The van der Waals surface area contributed by atoms with Gasteiger partial charge in [0.1, 0.15) is 5.82 Å². The van der Waals surface area contributed by atoms with Crippen LogP contribution < -0.4 is 5.32 Å². The van der Waals surface area contributed by atoms with Crippen LogP contribution in [0.4, 0.5) is 17.6 Å². The summed E-state index contributed by atoms with van der Waals surface area (Å²) in [6.07, 6.45) is -6.86. The van der Waals surface area contributed by atoms with E-state index in [-0.39, 0.29) is 35.1 Å². The van der Waals surface area contributed by atoms with E-state index >= 15 is 0 Å². The van der Waals surface area contributed by atoms with Crippen LogP contribution in [0.2, 0.25) is 0 Å². The second-order valence-corrected chi connectivity index (χ2v) is 6.05. The lowest BCUT2D eigenvalue weighted by Gasteiger charge is -2.17. The van der Waals surface area contributed by atoms with Crippen LogP contribution in [0.3, 0.4) is 0 Å². The Bertz CT molecular complexity index is 1020. The van der Waals surface area contributed by atoms with Crippen molar-refractivity contribution in [1.29, 1.82) is 0 Å². The number of carbonyl (C=O) groups excluding carboxylic acids is 1. The van der Waals surface area contributed by atoms with E-state index in [0.717, 1.165) is 24.4 Å². The number of rotatable bonds is 5. The van der Waals surface area contributed by atoms with Crippen LogP contribution in [-0.4, -0.2) is 32.4 Å². The first-order valence-electron chi connectivity index (χ1n) is 8.22. The highest BCUT2D eigenvalue weighted by molar-refractivity contribution is 5.95. The molecule has 2 N–H and O–H groups in total. The van der Waals surface area contributed by atoms with Crippen molar-refractivity contribution in [3.05, 3.63) is 65.3 Å². The summed E-state index contributed by atoms with van der Waals surface area (Å²) < 4.78 is 57.2. The molecule has 0 aliphatic rings. The molecule has 0 bridgehead atoms. The molecule has 2 aromatic heterocycles. The molecule has 152 valence electrons. The molecular weight excluding hydrogens is 396 g/mol. The van der Waals surface area contributed by atoms with Gasteiger partial charge in [-0.3, -0.25) is 9.78 Å². The lowest BCUT2D eigenvalue weighted by molar-refractivity contribution is -0.206. The molecule has 0 fully saturated rings. The van der Waals surface area contributed by atoms with Crippen molar-refractivity contribution in [2.75, 3.05) is 0 Å². The predicted octanol–water partition coefficient (Wildman–Crippen LogP) is 3.10. The summed E-state index contributed by atoms with van der Waals surface area (Å²) in [7, 11) is 0. The summed E-state index contributed by atoms with van der Waals surface area (Å²) >= 11 is 0. The molecule has 3 aromatic rings. The molecule has 29 heavy (non-hydrogen) atoms. The van der Waals surface area contributed by atoms with Crippen LogP contribution in [0.15, 0.2) is 40.9 Å². The van der Waals surface area contributed by atoms with E-state index in [9.17, 15) is 27.5 Å². The second-order valence-electron chi connectivity index (χ2n) is 6.05. The number of halogens is 4. The maximum atomic E-state index is 13.1. The lowest BCUT2D eigenvalue weighted by atomic mass is 9.99. The summed E-state index contributed by atoms with van der Waals surface area (Å²) in [5.41, 5.74) is -0.489. The Morgan fingerprint density at radius 1 is 1.24 bits per heavy atom. The van der Waals surface area contributed by atoms with Gasteiger partial charge in [0.05, 0.1) is 18.4 Å². The van der Waals surface area contributed by atoms with Crippen molar-refractivity contribution in [3.8, 4) is 11.3 Å². The van der Waals surface area contributed by atoms with Gasteiger partial charge in [-0.1, -0.05) is 0 Å². The largest absolute Gasteiger partial charge is 0.424 e. The molecule has 7 nitrogen and oxygen atoms in total. The third-order valence-corrected chi connectivity index (χ3v) is 3.83. The number of amides is 1. The fourth-order valence-corrected chi connectivity index (χ4v) is 2.49. The van der Waals surface area contributed by atoms with Gasteiger partial charge in [0.15, 0.2) is 6.10 Å². The number of carbonyl (C=O) groups is 1. The minimum absolute atomic E-state index is 0.101. The van der Waals surface area contributed by atoms with Crippen LogP contribution in [0.1, 0.15) is 33.8 Å². The molecule has 1 aromatic carbocycles. The Hall–Kier alpha value is -3.34. The Balaban J connectivity index is 1.94. The second kappa shape index (κ2) is 7.95. The number of alkyl halides is 3. The van der Waals surface area contributed by atoms with Crippen LogP contribution in [-0.2, 0) is 6.54 Å². The number of aliphatic hydroxyl groups is 1. The van der Waals surface area contributed by atoms with Crippen molar-refractivity contribution < 1.29 is 31.9 Å². The zero-order valence-corrected chi connectivity index (χ0v) is 14.9. The van der Waals surface area contributed by atoms with E-state index in [0.29, 0.717) is 0 Å². The number of nitrogens with zero attached hydrogens (tertiary/aromatic N) is 3. The fraction of sp³-hybridized carbons (Fsp3) is 0.222. The number of benzene rings is 1. The van der Waals surface area contributed by atoms with Crippen LogP contribution in [0.25, 0.3) is 11.3 Å². The number of aromatic nitrogens is 3. The highest BCUT2D eigenvalue weighted by atomic mass is 19.4. The number of pyridine rings is 1. The van der Waals surface area contributed by atoms with Gasteiger partial charge in [0.25, 0.3) is 5.91 Å². The molecule has 1 unspecified atom stereocenters. The first-order valence-corrected chi connectivity index (χ1v) is 8.22. The standard InChI is InChI=1S/C18H14F4N4O3/c1-9-25-26-15(29-9)8-24-17(28)12-5-10(14-3-2-13(19)7-23-14)4-11(6-12)16(27)18(20,21)22/h2-7,16,27H,8H2,1H3,(H,24,28). The van der Waals surface area contributed by atoms with Gasteiger partial charge < -0.3 is 14.8 Å². The third-order valence-electron chi connectivity index (χ3n) is 3.83. The van der Waals surface area contributed by atoms with E-state index < -0.39 is 29.6 Å². The first-order chi connectivity index (χ1) is 13.6. The predicted molar refractivity (Wildman–Crippen MR) is 90.9 cm³/mol. The minimum atomic E-state index is -4.94. The molecule has 0 radical (unpaired) electrons. The van der Waals surface area contributed by atoms with Crippen molar-refractivity contribution in [2.45, 2.75) is 25.7 Å². The fourth-order valence-electron chi connectivity index (χ4n) is 2.49. The number of nitrogens with one attached hydrogen (secondary N) is 1. The third kappa shape index (κ3) is 4.93. The maximum absolute atomic E-state index is 13.1. The molecule has 0 aliphatic heterocycles. The number of aryl methyl sites for hydroxylation is 1. The van der Waals surface area contributed by atoms with Crippen molar-refractivity contribution in [2.24, 2.45) is 0 Å². The average molecular weight is 410 g/mol. The van der Waals surface area contributed by atoms with Gasteiger partial charge in [-0.25, -0.2) is 4.39 Å². The van der Waals surface area contributed by atoms with Crippen molar-refractivity contribution >= 4 is 5.91 Å². The summed E-state index contributed by atoms with van der Waals surface area (Å²) in [5, 5.41) is 19.4. The van der Waals surface area contributed by atoms with Gasteiger partial charge >= 0.3 is 6.18 Å². The average Bonchev–Trinajstić information content (AvgIpc) is 3.10. The van der Waals surface area contributed by atoms with E-state index in [1.165, 1.54) is 12.1 Å². The van der Waals surface area contributed by atoms with Crippen molar-refractivity contribution in [1.82, 2.24) is 20.5 Å². The molecule has 0 spiro atoms. The Kier molecular flexibility index (Phi) is 5.59. The van der Waals surface area contributed by atoms with Crippen molar-refractivity contribution in [3.63, 3.8) is 0 Å². The smallest absolute Gasteiger partial charge is 0.418 e. The van der Waals surface area contributed by atoms with Gasteiger partial charge in [0.2, 0.25) is 11.8 Å². The van der Waals surface area contributed by atoms with Gasteiger partial charge in [-0.15, -0.1) is 10.2 Å². The van der Waals surface area contributed by atoms with Gasteiger partial charge in [-0.2, -0.15) is 13.2 Å². The Morgan fingerprint density at radius 3 is 2.59 bits per heavy atom. The summed E-state index contributed by atoms with van der Waals surface area (Å²) in [5.74, 6) is -0.967. The topological polar surface area (TPSA) is 101 Å². The quantitative estimate of drug-likeness (QED) is 0.627. The van der Waals surface area contributed by atoms with Crippen LogP contribution >= 0.6 is 0 Å². The Morgan fingerprint density at radius 2 is 2.00 bits per heavy atom. The Labute approximate surface area is 161 Å². The molecule has 2 heterocycles. The number of hydrogen-bond donors (Lipinski definition) is 2. The summed E-state index contributed by atoms with van der Waals surface area (Å²) in [6.45, 7) is 1.41. The monoisotopic (exact) mass is 410 g/mol. The van der Waals surface area contributed by atoms with Gasteiger partial charge in [-0.05, 0) is 35.9 Å². The maximum Gasteiger partial charge on any atom is 0.418 e. The van der Waals surface area contributed by atoms with E-state index in [1.54, 1.807) is 6.92 Å². The molecule has 1 atom stereocenters. The zero-order chi connectivity index (χ0) is 21.2. The number of hydrogen-bond acceptors (Lipinski definition) is 6. The molecule has 11 heteroatoms. The number of aliphatic hydroxyl groups excluding tert-OH is 1. The molecule has 0 saturated heterocycles. The van der Waals surface area contributed by atoms with Crippen LogP contribution in [0.5, 0.6) is 0 Å². The highest BCUT2D eigenvalue weighted by Crippen LogP contribution is 2.34. The molecule has 3 rings (SSSR count). The molecule has 0 saturated carbocycles. The van der Waals surface area contributed by atoms with Crippen LogP contribution in [0, 0.1) is 12.7 Å². The van der Waals surface area contributed by atoms with E-state index in [2.05, 4.69) is 20.5 Å². The minimum Gasteiger partial charge on any atom is -0.424 e. The van der Waals surface area contributed by atoms with Gasteiger partial charge in [0, 0.05) is 18.1 Å². The molecular formula is C18H14F4N4O3. The summed E-state index contributed by atoms with van der Waals surface area (Å²) in [6, 6.07) is 5.56.